The molecular formula is C9H11ClS4. The Morgan fingerprint density at radius 3 is 2.43 bits per heavy atom. The van der Waals surface area contributed by atoms with Gasteiger partial charge in [0.2, 0.25) is 0 Å². The van der Waals surface area contributed by atoms with Gasteiger partial charge in [-0.15, -0.1) is 11.6 Å². The summed E-state index contributed by atoms with van der Waals surface area (Å²) in [6.07, 6.45) is 0. The van der Waals surface area contributed by atoms with Crippen LogP contribution in [0, 0.1) is 0 Å². The van der Waals surface area contributed by atoms with Crippen LogP contribution in [-0.2, 0) is 5.75 Å². The third-order valence-electron chi connectivity index (χ3n) is 1.35. The third kappa shape index (κ3) is 6.40. The standard InChI is InChI=1S/C9H11ClS4/c10-6-7-11-13-14-12-8-9-4-2-1-3-5-9/h1-5H,6-8H2. The normalized spacial score (nSPS) is 10.4. The molecule has 78 valence electrons. The molecule has 0 radical (unpaired) electrons. The minimum Gasteiger partial charge on any atom is -0.126 e. The van der Waals surface area contributed by atoms with Crippen molar-refractivity contribution in [2.45, 2.75) is 5.75 Å². The first kappa shape index (κ1) is 13.0. The van der Waals surface area contributed by atoms with E-state index in [0.29, 0.717) is 0 Å². The lowest BCUT2D eigenvalue weighted by Gasteiger charge is -1.99. The summed E-state index contributed by atoms with van der Waals surface area (Å²) in [5.41, 5.74) is 1.38. The molecule has 1 aromatic rings. The van der Waals surface area contributed by atoms with Gasteiger partial charge in [-0.2, -0.15) is 0 Å². The lowest BCUT2D eigenvalue weighted by Crippen LogP contribution is -1.74. The maximum absolute atomic E-state index is 5.56. The molecule has 0 fully saturated rings. The first-order chi connectivity index (χ1) is 6.93. The summed E-state index contributed by atoms with van der Waals surface area (Å²) in [5.74, 6) is 2.83. The summed E-state index contributed by atoms with van der Waals surface area (Å²) in [7, 11) is 7.32. The number of alkyl halides is 1. The SMILES string of the molecule is ClCCSSSSCc1ccccc1. The molecule has 5 heteroatoms. The Kier molecular flexibility index (Phi) is 8.49. The van der Waals surface area contributed by atoms with Crippen LogP contribution in [0.5, 0.6) is 0 Å². The molecule has 0 spiro atoms. The molecule has 0 aliphatic carbocycles. The number of benzene rings is 1. The molecule has 0 heterocycles. The summed E-state index contributed by atoms with van der Waals surface area (Å²) in [6, 6.07) is 10.5. The lowest BCUT2D eigenvalue weighted by molar-refractivity contribution is 1.43. The maximum atomic E-state index is 5.56. The van der Waals surface area contributed by atoms with Crippen molar-refractivity contribution in [1.29, 1.82) is 0 Å². The highest BCUT2D eigenvalue weighted by molar-refractivity contribution is 9.26. The van der Waals surface area contributed by atoms with Crippen LogP contribution in [0.2, 0.25) is 0 Å². The van der Waals surface area contributed by atoms with Crippen LogP contribution in [0.1, 0.15) is 5.56 Å². The van der Waals surface area contributed by atoms with Crippen molar-refractivity contribution in [3.05, 3.63) is 35.9 Å². The number of halogens is 1. The van der Waals surface area contributed by atoms with E-state index in [1.807, 2.05) is 47.3 Å². The van der Waals surface area contributed by atoms with E-state index in [1.165, 1.54) is 5.56 Å². The predicted octanol–water partition coefficient (Wildman–Crippen LogP) is 5.10. The van der Waals surface area contributed by atoms with Crippen LogP contribution in [0.15, 0.2) is 30.3 Å². The minimum absolute atomic E-state index is 0.738. The van der Waals surface area contributed by atoms with Crippen molar-refractivity contribution in [3.63, 3.8) is 0 Å². The van der Waals surface area contributed by atoms with E-state index in [1.54, 1.807) is 0 Å². The molecule has 0 aromatic heterocycles. The Hall–Kier alpha value is 0.910. The Labute approximate surface area is 106 Å². The Bertz CT molecular complexity index is 230. The zero-order valence-corrected chi connectivity index (χ0v) is 11.5. The van der Waals surface area contributed by atoms with Crippen LogP contribution < -0.4 is 0 Å². The van der Waals surface area contributed by atoms with Crippen LogP contribution in [0.4, 0.5) is 0 Å². The summed E-state index contributed by atoms with van der Waals surface area (Å²) in [5, 5.41) is 0. The molecule has 0 nitrogen and oxygen atoms in total. The van der Waals surface area contributed by atoms with Gasteiger partial charge in [0.15, 0.2) is 0 Å². The fourth-order valence-electron chi connectivity index (χ4n) is 0.771. The Morgan fingerprint density at radius 2 is 1.71 bits per heavy atom. The average molecular weight is 283 g/mol. The highest BCUT2D eigenvalue weighted by atomic mass is 35.5. The molecule has 0 bridgehead atoms. The highest BCUT2D eigenvalue weighted by Crippen LogP contribution is 2.44. The fourth-order valence-corrected chi connectivity index (χ4v) is 6.98. The van der Waals surface area contributed by atoms with Gasteiger partial charge in [0.05, 0.1) is 0 Å². The monoisotopic (exact) mass is 282 g/mol. The van der Waals surface area contributed by atoms with E-state index in [0.717, 1.165) is 17.4 Å². The van der Waals surface area contributed by atoms with Gasteiger partial charge in [-0.3, -0.25) is 0 Å². The van der Waals surface area contributed by atoms with E-state index < -0.39 is 0 Å². The van der Waals surface area contributed by atoms with Gasteiger partial charge in [-0.05, 0) is 25.2 Å². The van der Waals surface area contributed by atoms with Crippen LogP contribution >= 0.6 is 52.8 Å². The van der Waals surface area contributed by atoms with Crippen molar-refractivity contribution in [3.8, 4) is 0 Å². The van der Waals surface area contributed by atoms with Gasteiger partial charge in [-0.1, -0.05) is 51.9 Å². The molecule has 14 heavy (non-hydrogen) atoms. The molecule has 0 amide bonds. The van der Waals surface area contributed by atoms with Crippen LogP contribution in [0.3, 0.4) is 0 Å². The molecule has 0 aliphatic rings. The third-order valence-corrected chi connectivity index (χ3v) is 8.17. The molecule has 0 atom stereocenters. The van der Waals surface area contributed by atoms with Gasteiger partial charge in [0, 0.05) is 17.4 Å². The minimum atomic E-state index is 0.738. The van der Waals surface area contributed by atoms with E-state index in [4.69, 9.17) is 11.6 Å². The van der Waals surface area contributed by atoms with Gasteiger partial charge in [0.1, 0.15) is 0 Å². The van der Waals surface area contributed by atoms with E-state index >= 15 is 0 Å². The largest absolute Gasteiger partial charge is 0.126 e. The summed E-state index contributed by atoms with van der Waals surface area (Å²) < 4.78 is 0. The molecule has 0 saturated heterocycles. The van der Waals surface area contributed by atoms with Gasteiger partial charge < -0.3 is 0 Å². The maximum Gasteiger partial charge on any atom is 0.0322 e. The first-order valence-corrected chi connectivity index (χ1v) is 9.80. The highest BCUT2D eigenvalue weighted by Gasteiger charge is 1.94. The molecular weight excluding hydrogens is 272 g/mol. The molecule has 0 unspecified atom stereocenters. The number of rotatable bonds is 7. The van der Waals surface area contributed by atoms with Crippen LogP contribution in [0.25, 0.3) is 0 Å². The number of hydrogen-bond donors (Lipinski definition) is 0. The average Bonchev–Trinajstić information content (AvgIpc) is 2.25. The topological polar surface area (TPSA) is 0 Å². The molecule has 0 N–H and O–H groups in total. The summed E-state index contributed by atoms with van der Waals surface area (Å²) >= 11 is 5.56. The lowest BCUT2D eigenvalue weighted by atomic mass is 10.2. The second-order valence-electron chi connectivity index (χ2n) is 2.39. The second kappa shape index (κ2) is 9.16. The van der Waals surface area contributed by atoms with Crippen molar-refractivity contribution in [1.82, 2.24) is 0 Å². The molecule has 0 saturated carbocycles. The smallest absolute Gasteiger partial charge is 0.0322 e. The van der Waals surface area contributed by atoms with E-state index in [9.17, 15) is 0 Å². The zero-order valence-electron chi connectivity index (χ0n) is 7.52. The van der Waals surface area contributed by atoms with Gasteiger partial charge >= 0.3 is 0 Å². The van der Waals surface area contributed by atoms with Crippen molar-refractivity contribution >= 4 is 52.8 Å². The van der Waals surface area contributed by atoms with E-state index in [-0.39, 0.29) is 0 Å². The Morgan fingerprint density at radius 1 is 1.00 bits per heavy atom. The van der Waals surface area contributed by atoms with E-state index in [2.05, 4.69) is 24.3 Å². The van der Waals surface area contributed by atoms with Crippen molar-refractivity contribution in [2.24, 2.45) is 0 Å². The second-order valence-corrected chi connectivity index (χ2v) is 8.89. The summed E-state index contributed by atoms with van der Waals surface area (Å²) in [4.78, 5) is 0. The van der Waals surface area contributed by atoms with Crippen molar-refractivity contribution < 1.29 is 0 Å². The summed E-state index contributed by atoms with van der Waals surface area (Å²) in [6.45, 7) is 0. The predicted molar refractivity (Wildman–Crippen MR) is 76.1 cm³/mol. The quantitative estimate of drug-likeness (QED) is 0.387. The Balaban J connectivity index is 1.99. The van der Waals surface area contributed by atoms with Gasteiger partial charge in [0.25, 0.3) is 0 Å². The molecule has 0 aliphatic heterocycles. The number of hydrogen-bond acceptors (Lipinski definition) is 4. The first-order valence-electron chi connectivity index (χ1n) is 4.11. The van der Waals surface area contributed by atoms with Crippen molar-refractivity contribution in [2.75, 3.05) is 11.6 Å². The molecule has 1 rings (SSSR count). The zero-order chi connectivity index (χ0) is 10.1. The molecule has 1 aromatic carbocycles. The van der Waals surface area contributed by atoms with Gasteiger partial charge in [-0.25, -0.2) is 0 Å². The fraction of sp³-hybridized carbons (Fsp3) is 0.333. The van der Waals surface area contributed by atoms with Crippen LogP contribution in [-0.4, -0.2) is 11.6 Å².